The van der Waals surface area contributed by atoms with Gasteiger partial charge in [0.1, 0.15) is 24.4 Å². The maximum atomic E-state index is 11.5. The summed E-state index contributed by atoms with van der Waals surface area (Å²) in [6.07, 6.45) is 2.52. The smallest absolute Gasteiger partial charge is 0.324 e. The highest BCUT2D eigenvalue weighted by Gasteiger charge is 2.26. The highest BCUT2D eigenvalue weighted by molar-refractivity contribution is 9.10. The summed E-state index contributed by atoms with van der Waals surface area (Å²) in [5.41, 5.74) is 1.74. The zero-order valence-electron chi connectivity index (χ0n) is 12.9. The lowest BCUT2D eigenvalue weighted by Crippen LogP contribution is -2.31. The van der Waals surface area contributed by atoms with Crippen molar-refractivity contribution in [3.05, 3.63) is 16.6 Å². The second-order valence-corrected chi connectivity index (χ2v) is 6.88. The van der Waals surface area contributed by atoms with Crippen LogP contribution >= 0.6 is 15.9 Å². The number of fused-ring (bicyclic) bond motifs is 1. The molecule has 1 saturated carbocycles. The van der Waals surface area contributed by atoms with Gasteiger partial charge in [0, 0.05) is 6.54 Å². The number of imide groups is 1. The summed E-state index contributed by atoms with van der Waals surface area (Å²) in [6, 6.07) is 3.44. The molecule has 1 aliphatic carbocycles. The zero-order valence-corrected chi connectivity index (χ0v) is 14.5. The van der Waals surface area contributed by atoms with E-state index in [1.165, 1.54) is 17.7 Å². The van der Waals surface area contributed by atoms with Crippen LogP contribution in [0.2, 0.25) is 0 Å². The number of halogens is 1. The molecule has 126 valence electrons. The second kappa shape index (κ2) is 6.04. The molecular weight excluding hydrogens is 378 g/mol. The lowest BCUT2D eigenvalue weighted by Gasteiger charge is -2.14. The first-order valence-corrected chi connectivity index (χ1v) is 8.64. The summed E-state index contributed by atoms with van der Waals surface area (Å²) < 4.78 is 8.42. The van der Waals surface area contributed by atoms with Crippen molar-refractivity contribution in [1.82, 2.24) is 25.2 Å². The van der Waals surface area contributed by atoms with E-state index in [-0.39, 0.29) is 18.5 Å². The summed E-state index contributed by atoms with van der Waals surface area (Å²) in [7, 11) is 0. The van der Waals surface area contributed by atoms with E-state index in [2.05, 4.69) is 31.6 Å². The number of aromatic nitrogens is 3. The Labute approximate surface area is 146 Å². The first-order chi connectivity index (χ1) is 11.6. The fraction of sp³-hybridized carbons (Fsp3) is 0.467. The largest absolute Gasteiger partial charge is 0.490 e. The molecule has 0 atom stereocenters. The molecule has 2 heterocycles. The molecule has 2 aliphatic rings. The molecule has 0 spiro atoms. The third-order valence-electron chi connectivity index (χ3n) is 4.21. The molecule has 1 saturated heterocycles. The van der Waals surface area contributed by atoms with Crippen LogP contribution in [0.25, 0.3) is 11.0 Å². The van der Waals surface area contributed by atoms with Crippen molar-refractivity contribution < 1.29 is 14.3 Å². The van der Waals surface area contributed by atoms with E-state index < -0.39 is 0 Å². The van der Waals surface area contributed by atoms with Crippen LogP contribution in [0.15, 0.2) is 16.6 Å². The lowest BCUT2D eigenvalue weighted by molar-refractivity contribution is -0.118. The Bertz CT molecular complexity index is 817. The van der Waals surface area contributed by atoms with Gasteiger partial charge in [0.15, 0.2) is 0 Å². The van der Waals surface area contributed by atoms with Crippen LogP contribution in [-0.2, 0) is 11.3 Å². The molecule has 3 amide bonds. The van der Waals surface area contributed by atoms with E-state index >= 15 is 0 Å². The van der Waals surface area contributed by atoms with Crippen LogP contribution in [0.3, 0.4) is 0 Å². The molecule has 0 radical (unpaired) electrons. The molecule has 9 heteroatoms. The third kappa shape index (κ3) is 2.95. The van der Waals surface area contributed by atoms with Gasteiger partial charge in [-0.25, -0.2) is 9.48 Å². The third-order valence-corrected chi connectivity index (χ3v) is 4.97. The van der Waals surface area contributed by atoms with Crippen LogP contribution in [0, 0.1) is 5.92 Å². The Kier molecular flexibility index (Phi) is 3.87. The van der Waals surface area contributed by atoms with Gasteiger partial charge in [0.2, 0.25) is 5.91 Å². The van der Waals surface area contributed by atoms with Gasteiger partial charge >= 0.3 is 6.03 Å². The van der Waals surface area contributed by atoms with Gasteiger partial charge in [-0.1, -0.05) is 5.21 Å². The summed E-state index contributed by atoms with van der Waals surface area (Å²) >= 11 is 3.52. The van der Waals surface area contributed by atoms with E-state index in [4.69, 9.17) is 4.74 Å². The highest BCUT2D eigenvalue weighted by Crippen LogP contribution is 2.34. The van der Waals surface area contributed by atoms with Crippen molar-refractivity contribution in [2.75, 3.05) is 19.7 Å². The van der Waals surface area contributed by atoms with E-state index in [9.17, 15) is 9.59 Å². The van der Waals surface area contributed by atoms with Gasteiger partial charge in [-0.2, -0.15) is 0 Å². The predicted molar refractivity (Wildman–Crippen MR) is 88.6 cm³/mol. The molecule has 1 N–H and O–H groups in total. The number of carbonyl (C=O) groups excluding carboxylic acids is 2. The van der Waals surface area contributed by atoms with Crippen LogP contribution in [0.5, 0.6) is 5.75 Å². The average Bonchev–Trinajstić information content (AvgIpc) is 3.18. The fourth-order valence-electron chi connectivity index (χ4n) is 2.71. The van der Waals surface area contributed by atoms with Crippen molar-refractivity contribution >= 4 is 38.9 Å². The van der Waals surface area contributed by atoms with Crippen LogP contribution in [-0.4, -0.2) is 51.5 Å². The number of hydrogen-bond acceptors (Lipinski definition) is 5. The number of amides is 3. The molecule has 24 heavy (non-hydrogen) atoms. The minimum atomic E-state index is -0.374. The van der Waals surface area contributed by atoms with E-state index in [1.54, 1.807) is 0 Å². The van der Waals surface area contributed by atoms with Crippen molar-refractivity contribution in [1.29, 1.82) is 0 Å². The predicted octanol–water partition coefficient (Wildman–Crippen LogP) is 1.53. The van der Waals surface area contributed by atoms with Crippen LogP contribution in [0.1, 0.15) is 12.8 Å². The Morgan fingerprint density at radius 1 is 1.33 bits per heavy atom. The standard InChI is InChI=1S/C15H16BrN5O3/c16-13-11(24-6-5-20-8-12(22)17-15(20)23)4-3-10-14(13)18-19-21(10)7-9-1-2-9/h3-4,9H,1-2,5-8H2,(H,17,22,23). The molecule has 2 fully saturated rings. The molecule has 1 aromatic heterocycles. The first kappa shape index (κ1) is 15.4. The minimum absolute atomic E-state index is 0.0812. The average molecular weight is 394 g/mol. The fourth-order valence-corrected chi connectivity index (χ4v) is 3.24. The summed E-state index contributed by atoms with van der Waals surface area (Å²) in [5, 5.41) is 10.7. The maximum absolute atomic E-state index is 11.5. The number of hydrogen-bond donors (Lipinski definition) is 1. The van der Waals surface area contributed by atoms with Gasteiger partial charge in [0.05, 0.1) is 16.5 Å². The summed E-state index contributed by atoms with van der Waals surface area (Å²) in [5.74, 6) is 1.08. The molecule has 8 nitrogen and oxygen atoms in total. The Hall–Kier alpha value is -2.16. The number of nitrogens with zero attached hydrogens (tertiary/aromatic N) is 4. The van der Waals surface area contributed by atoms with Crippen molar-refractivity contribution in [2.24, 2.45) is 5.92 Å². The molecule has 4 rings (SSSR count). The van der Waals surface area contributed by atoms with Gasteiger partial charge < -0.3 is 9.64 Å². The molecule has 2 aromatic rings. The molecule has 1 aromatic carbocycles. The molecule has 1 aliphatic heterocycles. The quantitative estimate of drug-likeness (QED) is 0.751. The maximum Gasteiger partial charge on any atom is 0.324 e. The summed E-state index contributed by atoms with van der Waals surface area (Å²) in [4.78, 5) is 24.0. The number of benzene rings is 1. The van der Waals surface area contributed by atoms with Crippen molar-refractivity contribution in [3.8, 4) is 5.75 Å². The number of urea groups is 1. The highest BCUT2D eigenvalue weighted by atomic mass is 79.9. The van der Waals surface area contributed by atoms with Crippen LogP contribution < -0.4 is 10.1 Å². The molecular formula is C15H16BrN5O3. The van der Waals surface area contributed by atoms with Crippen molar-refractivity contribution in [3.63, 3.8) is 0 Å². The topological polar surface area (TPSA) is 89.4 Å². The lowest BCUT2D eigenvalue weighted by atomic mass is 10.3. The number of ether oxygens (including phenoxy) is 1. The first-order valence-electron chi connectivity index (χ1n) is 7.85. The van der Waals surface area contributed by atoms with Gasteiger partial charge in [-0.05, 0) is 46.8 Å². The Morgan fingerprint density at radius 3 is 2.88 bits per heavy atom. The monoisotopic (exact) mass is 393 g/mol. The number of rotatable bonds is 6. The molecule has 0 bridgehead atoms. The molecule has 0 unspecified atom stereocenters. The minimum Gasteiger partial charge on any atom is -0.490 e. The van der Waals surface area contributed by atoms with E-state index in [0.717, 1.165) is 28.0 Å². The SMILES string of the molecule is O=C1CN(CCOc2ccc3c(nnn3CC3CC3)c2Br)C(=O)N1. The number of carbonyl (C=O) groups is 2. The normalized spacial score (nSPS) is 17.6. The number of nitrogens with one attached hydrogen (secondary N) is 1. The van der Waals surface area contributed by atoms with Gasteiger partial charge in [-0.15, -0.1) is 5.10 Å². The zero-order chi connectivity index (χ0) is 16.7. The van der Waals surface area contributed by atoms with E-state index in [0.29, 0.717) is 18.9 Å². The Morgan fingerprint density at radius 2 is 2.17 bits per heavy atom. The van der Waals surface area contributed by atoms with Crippen molar-refractivity contribution in [2.45, 2.75) is 19.4 Å². The second-order valence-electron chi connectivity index (χ2n) is 6.08. The van der Waals surface area contributed by atoms with E-state index in [1.807, 2.05) is 16.8 Å². The summed E-state index contributed by atoms with van der Waals surface area (Å²) in [6.45, 7) is 1.62. The van der Waals surface area contributed by atoms with Crippen LogP contribution in [0.4, 0.5) is 4.79 Å². The Balaban J connectivity index is 1.43. The van der Waals surface area contributed by atoms with Gasteiger partial charge in [0.25, 0.3) is 0 Å². The van der Waals surface area contributed by atoms with Gasteiger partial charge in [-0.3, -0.25) is 10.1 Å².